The molecule has 0 amide bonds. The molecule has 0 aliphatic heterocycles. The lowest BCUT2D eigenvalue weighted by atomic mass is 10.0. The number of carboxylic acid groups (broad SMARTS) is 1. The van der Waals surface area contributed by atoms with Crippen LogP contribution in [0.25, 0.3) is 22.2 Å². The van der Waals surface area contributed by atoms with Gasteiger partial charge in [0.05, 0.1) is 21.8 Å². The highest BCUT2D eigenvalue weighted by Gasteiger charge is 2.15. The van der Waals surface area contributed by atoms with Gasteiger partial charge in [0, 0.05) is 20.9 Å². The summed E-state index contributed by atoms with van der Waals surface area (Å²) >= 11 is 13.8. The highest BCUT2D eigenvalue weighted by Crippen LogP contribution is 2.32. The third-order valence-electron chi connectivity index (χ3n) is 3.45. The summed E-state index contributed by atoms with van der Waals surface area (Å²) in [7, 11) is 0. The minimum Gasteiger partial charge on any atom is -0.478 e. The second-order valence-electron chi connectivity index (χ2n) is 4.87. The summed E-state index contributed by atoms with van der Waals surface area (Å²) in [6, 6.07) is 12.4. The van der Waals surface area contributed by atoms with Crippen molar-refractivity contribution in [1.82, 2.24) is 4.98 Å². The molecule has 0 unspecified atom stereocenters. The van der Waals surface area contributed by atoms with Crippen molar-refractivity contribution in [2.75, 3.05) is 6.26 Å². The number of aromatic carboxylic acids is 1. The maximum Gasteiger partial charge on any atom is 0.336 e. The van der Waals surface area contributed by atoms with Crippen molar-refractivity contribution in [3.8, 4) is 11.3 Å². The zero-order chi connectivity index (χ0) is 16.6. The third kappa shape index (κ3) is 3.15. The molecule has 0 saturated heterocycles. The summed E-state index contributed by atoms with van der Waals surface area (Å²) < 4.78 is 0. The number of hydrogen-bond donors (Lipinski definition) is 1. The van der Waals surface area contributed by atoms with Crippen molar-refractivity contribution < 1.29 is 9.90 Å². The van der Waals surface area contributed by atoms with E-state index in [9.17, 15) is 9.90 Å². The summed E-state index contributed by atoms with van der Waals surface area (Å²) in [6.07, 6.45) is 2.00. The minimum absolute atomic E-state index is 0.128. The fourth-order valence-corrected chi connectivity index (χ4v) is 3.28. The maximum absolute atomic E-state index is 11.6. The van der Waals surface area contributed by atoms with E-state index in [-0.39, 0.29) is 5.56 Å². The molecule has 1 N–H and O–H groups in total. The first-order chi connectivity index (χ1) is 11.0. The molecule has 0 saturated carbocycles. The third-order valence-corrected chi connectivity index (χ3v) is 4.70. The van der Waals surface area contributed by atoms with Crippen molar-refractivity contribution >= 4 is 51.8 Å². The van der Waals surface area contributed by atoms with Crippen molar-refractivity contribution in [3.05, 3.63) is 58.1 Å². The van der Waals surface area contributed by atoms with E-state index in [2.05, 4.69) is 4.98 Å². The van der Waals surface area contributed by atoms with Gasteiger partial charge in [-0.05, 0) is 36.6 Å². The molecule has 1 heterocycles. The van der Waals surface area contributed by atoms with Crippen LogP contribution in [0.1, 0.15) is 10.4 Å². The van der Waals surface area contributed by atoms with E-state index in [1.165, 1.54) is 0 Å². The number of fused-ring (bicyclic) bond motifs is 1. The highest BCUT2D eigenvalue weighted by molar-refractivity contribution is 7.98. The first-order valence-electron chi connectivity index (χ1n) is 6.67. The summed E-state index contributed by atoms with van der Waals surface area (Å²) in [5.41, 5.74) is 1.95. The van der Waals surface area contributed by atoms with E-state index in [0.717, 1.165) is 10.5 Å². The van der Waals surface area contributed by atoms with Gasteiger partial charge >= 0.3 is 5.97 Å². The molecule has 0 aliphatic carbocycles. The molecule has 0 radical (unpaired) electrons. The normalized spacial score (nSPS) is 10.9. The Labute approximate surface area is 147 Å². The smallest absolute Gasteiger partial charge is 0.336 e. The predicted molar refractivity (Wildman–Crippen MR) is 95.9 cm³/mol. The fourth-order valence-electron chi connectivity index (χ4n) is 2.34. The zero-order valence-corrected chi connectivity index (χ0v) is 14.3. The van der Waals surface area contributed by atoms with Crippen LogP contribution in [0.5, 0.6) is 0 Å². The molecule has 0 fully saturated rings. The Hall–Kier alpha value is -1.75. The van der Waals surface area contributed by atoms with Gasteiger partial charge in [0.1, 0.15) is 0 Å². The molecule has 116 valence electrons. The predicted octanol–water partition coefficient (Wildman–Crippen LogP) is 5.63. The number of aromatic nitrogens is 1. The second kappa shape index (κ2) is 6.40. The van der Waals surface area contributed by atoms with Gasteiger partial charge in [-0.2, -0.15) is 0 Å². The fraction of sp³-hybridized carbons (Fsp3) is 0.0588. The largest absolute Gasteiger partial charge is 0.478 e. The zero-order valence-electron chi connectivity index (χ0n) is 12.0. The molecule has 0 spiro atoms. The van der Waals surface area contributed by atoms with Gasteiger partial charge in [0.2, 0.25) is 0 Å². The Morgan fingerprint density at radius 1 is 1.13 bits per heavy atom. The van der Waals surface area contributed by atoms with Gasteiger partial charge in [-0.15, -0.1) is 11.8 Å². The van der Waals surface area contributed by atoms with Crippen LogP contribution in [0.15, 0.2) is 47.4 Å². The molecule has 3 rings (SSSR count). The molecule has 0 aliphatic rings. The maximum atomic E-state index is 11.6. The molecular formula is C17H11Cl2NO2S. The standard InChI is InChI=1S/C17H11Cl2NO2S/c1-23-11-4-2-9(3-5-11)15-8-13(17(21)22)12-6-10(18)7-14(19)16(12)20-15/h2-8H,1H3,(H,21,22). The molecule has 3 nitrogen and oxygen atoms in total. The van der Waals surface area contributed by atoms with Crippen molar-refractivity contribution in [3.63, 3.8) is 0 Å². The number of hydrogen-bond acceptors (Lipinski definition) is 3. The number of benzene rings is 2. The summed E-state index contributed by atoms with van der Waals surface area (Å²) in [4.78, 5) is 17.3. The highest BCUT2D eigenvalue weighted by atomic mass is 35.5. The van der Waals surface area contributed by atoms with Crippen LogP contribution in [0.4, 0.5) is 0 Å². The summed E-state index contributed by atoms with van der Waals surface area (Å²) in [5, 5.41) is 10.6. The van der Waals surface area contributed by atoms with Gasteiger partial charge in [0.15, 0.2) is 0 Å². The van der Waals surface area contributed by atoms with Crippen molar-refractivity contribution in [2.24, 2.45) is 0 Å². The van der Waals surface area contributed by atoms with Crippen molar-refractivity contribution in [1.29, 1.82) is 0 Å². The molecular weight excluding hydrogens is 353 g/mol. The van der Waals surface area contributed by atoms with Gasteiger partial charge in [-0.3, -0.25) is 0 Å². The number of rotatable bonds is 3. The van der Waals surface area contributed by atoms with Gasteiger partial charge in [-0.1, -0.05) is 35.3 Å². The summed E-state index contributed by atoms with van der Waals surface area (Å²) in [6.45, 7) is 0. The van der Waals surface area contributed by atoms with Crippen LogP contribution in [0.2, 0.25) is 10.0 Å². The second-order valence-corrected chi connectivity index (χ2v) is 6.60. The number of pyridine rings is 1. The Kier molecular flexibility index (Phi) is 4.48. The Balaban J connectivity index is 2.27. The number of halogens is 2. The molecule has 0 bridgehead atoms. The molecule has 6 heteroatoms. The average molecular weight is 364 g/mol. The Morgan fingerprint density at radius 2 is 1.83 bits per heavy atom. The first kappa shape index (κ1) is 16.1. The van der Waals surface area contributed by atoms with Crippen LogP contribution >= 0.6 is 35.0 Å². The molecule has 3 aromatic rings. The van der Waals surface area contributed by atoms with Crippen LogP contribution in [-0.4, -0.2) is 22.3 Å². The van der Waals surface area contributed by atoms with E-state index in [0.29, 0.717) is 26.6 Å². The van der Waals surface area contributed by atoms with Gasteiger partial charge < -0.3 is 5.11 Å². The van der Waals surface area contributed by atoms with Gasteiger partial charge in [-0.25, -0.2) is 9.78 Å². The lowest BCUT2D eigenvalue weighted by Crippen LogP contribution is -2.00. The molecule has 23 heavy (non-hydrogen) atoms. The van der Waals surface area contributed by atoms with Crippen LogP contribution in [0, 0.1) is 0 Å². The van der Waals surface area contributed by atoms with E-state index in [1.807, 2.05) is 30.5 Å². The van der Waals surface area contributed by atoms with E-state index in [4.69, 9.17) is 23.2 Å². The van der Waals surface area contributed by atoms with Crippen molar-refractivity contribution in [2.45, 2.75) is 4.90 Å². The quantitative estimate of drug-likeness (QED) is 0.612. The number of carboxylic acids is 1. The summed E-state index contributed by atoms with van der Waals surface area (Å²) in [5.74, 6) is -1.04. The van der Waals surface area contributed by atoms with Gasteiger partial charge in [0.25, 0.3) is 0 Å². The number of carbonyl (C=O) groups is 1. The van der Waals surface area contributed by atoms with Crippen LogP contribution in [0.3, 0.4) is 0 Å². The average Bonchev–Trinajstić information content (AvgIpc) is 2.54. The molecule has 2 aromatic carbocycles. The Bertz CT molecular complexity index is 911. The SMILES string of the molecule is CSc1ccc(-c2cc(C(=O)O)c3cc(Cl)cc(Cl)c3n2)cc1. The first-order valence-corrected chi connectivity index (χ1v) is 8.65. The van der Waals surface area contributed by atoms with E-state index < -0.39 is 5.97 Å². The van der Waals surface area contributed by atoms with E-state index >= 15 is 0 Å². The number of nitrogens with zero attached hydrogens (tertiary/aromatic N) is 1. The molecule has 0 atom stereocenters. The number of thioether (sulfide) groups is 1. The topological polar surface area (TPSA) is 50.2 Å². The minimum atomic E-state index is -1.04. The molecule has 1 aromatic heterocycles. The monoisotopic (exact) mass is 363 g/mol. The lowest BCUT2D eigenvalue weighted by Gasteiger charge is -2.09. The lowest BCUT2D eigenvalue weighted by molar-refractivity contribution is 0.0699. The van der Waals surface area contributed by atoms with E-state index in [1.54, 1.807) is 30.0 Å². The van der Waals surface area contributed by atoms with Crippen LogP contribution in [-0.2, 0) is 0 Å². The Morgan fingerprint density at radius 3 is 2.43 bits per heavy atom. The van der Waals surface area contributed by atoms with Crippen LogP contribution < -0.4 is 0 Å².